The Labute approximate surface area is 121 Å². The van der Waals surface area contributed by atoms with Gasteiger partial charge in [0.05, 0.1) is 6.10 Å². The summed E-state index contributed by atoms with van der Waals surface area (Å²) >= 11 is 0. The van der Waals surface area contributed by atoms with E-state index in [1.54, 1.807) is 0 Å². The molecule has 0 atom stereocenters. The Hall–Kier alpha value is -0.940. The van der Waals surface area contributed by atoms with Crippen LogP contribution in [0.2, 0.25) is 0 Å². The summed E-state index contributed by atoms with van der Waals surface area (Å²) in [6.07, 6.45) is 8.11. The van der Waals surface area contributed by atoms with Gasteiger partial charge in [-0.25, -0.2) is 0 Å². The van der Waals surface area contributed by atoms with Crippen LogP contribution in [0.5, 0.6) is 0 Å². The van der Waals surface area contributed by atoms with E-state index in [2.05, 4.69) is 29.3 Å². The van der Waals surface area contributed by atoms with Crippen LogP contribution in [0.15, 0.2) is 4.52 Å². The second-order valence-electron chi connectivity index (χ2n) is 5.59. The van der Waals surface area contributed by atoms with Gasteiger partial charge in [-0.15, -0.1) is 0 Å². The zero-order valence-corrected chi connectivity index (χ0v) is 12.7. The number of hydrogen-bond acceptors (Lipinski definition) is 5. The van der Waals surface area contributed by atoms with E-state index in [-0.39, 0.29) is 0 Å². The third-order valence-electron chi connectivity index (χ3n) is 3.78. The summed E-state index contributed by atoms with van der Waals surface area (Å²) in [7, 11) is 0. The molecule has 1 aliphatic carbocycles. The molecule has 0 unspecified atom stereocenters. The van der Waals surface area contributed by atoms with Crippen LogP contribution in [0.1, 0.15) is 64.1 Å². The van der Waals surface area contributed by atoms with Crippen molar-refractivity contribution < 1.29 is 9.26 Å². The fraction of sp³-hybridized carbons (Fsp3) is 0.867. The minimum absolute atomic E-state index is 0.344. The first-order chi connectivity index (χ1) is 9.81. The third-order valence-corrected chi connectivity index (χ3v) is 3.78. The van der Waals surface area contributed by atoms with Crippen molar-refractivity contribution in [2.45, 2.75) is 77.5 Å². The van der Waals surface area contributed by atoms with E-state index >= 15 is 0 Å². The molecule has 20 heavy (non-hydrogen) atoms. The van der Waals surface area contributed by atoms with E-state index in [0.717, 1.165) is 38.1 Å². The van der Waals surface area contributed by atoms with Gasteiger partial charge in [-0.1, -0.05) is 19.0 Å². The van der Waals surface area contributed by atoms with Crippen molar-refractivity contribution in [2.24, 2.45) is 0 Å². The average molecular weight is 281 g/mol. The first-order valence-electron chi connectivity index (χ1n) is 7.98. The summed E-state index contributed by atoms with van der Waals surface area (Å²) in [5.74, 6) is 1.40. The largest absolute Gasteiger partial charge is 0.368 e. The van der Waals surface area contributed by atoms with Gasteiger partial charge in [-0.05, 0) is 45.1 Å². The molecule has 2 rings (SSSR count). The molecule has 5 nitrogen and oxygen atoms in total. The molecule has 1 fully saturated rings. The van der Waals surface area contributed by atoms with E-state index in [0.29, 0.717) is 24.6 Å². The van der Waals surface area contributed by atoms with E-state index in [1.165, 1.54) is 19.3 Å². The highest BCUT2D eigenvalue weighted by atomic mass is 16.5. The summed E-state index contributed by atoms with van der Waals surface area (Å²) in [6.45, 7) is 5.89. The molecule has 0 aromatic carbocycles. The monoisotopic (exact) mass is 281 g/mol. The molecule has 1 N–H and O–H groups in total. The number of hydrogen-bond donors (Lipinski definition) is 1. The van der Waals surface area contributed by atoms with Crippen LogP contribution >= 0.6 is 0 Å². The number of aromatic nitrogens is 2. The standard InChI is InChI=1S/C15H27N3O2/c1-3-5-14-17-15(20-18-14)11-19-13-8-6-12(7-9-13)16-10-4-2/h12-13,16H,3-11H2,1-2H3. The Bertz CT molecular complexity index is 373. The van der Waals surface area contributed by atoms with Crippen LogP contribution in [0.25, 0.3) is 0 Å². The number of nitrogens with one attached hydrogen (secondary N) is 1. The Morgan fingerprint density at radius 2 is 2.00 bits per heavy atom. The molecule has 0 radical (unpaired) electrons. The van der Waals surface area contributed by atoms with Gasteiger partial charge < -0.3 is 14.6 Å². The van der Waals surface area contributed by atoms with Gasteiger partial charge >= 0.3 is 0 Å². The molecule has 1 saturated carbocycles. The van der Waals surface area contributed by atoms with Crippen molar-refractivity contribution in [1.29, 1.82) is 0 Å². The van der Waals surface area contributed by atoms with Crippen molar-refractivity contribution in [3.63, 3.8) is 0 Å². The van der Waals surface area contributed by atoms with Gasteiger partial charge in [0.1, 0.15) is 6.61 Å². The van der Waals surface area contributed by atoms with Gasteiger partial charge in [0.15, 0.2) is 5.82 Å². The number of aryl methyl sites for hydroxylation is 1. The first kappa shape index (κ1) is 15.4. The van der Waals surface area contributed by atoms with Gasteiger partial charge in [0.25, 0.3) is 5.89 Å². The van der Waals surface area contributed by atoms with Crippen LogP contribution < -0.4 is 5.32 Å². The summed E-state index contributed by atoms with van der Waals surface area (Å²) in [6, 6.07) is 0.675. The minimum atomic E-state index is 0.344. The highest BCUT2D eigenvalue weighted by Crippen LogP contribution is 2.22. The second-order valence-corrected chi connectivity index (χ2v) is 5.59. The zero-order chi connectivity index (χ0) is 14.2. The fourth-order valence-electron chi connectivity index (χ4n) is 2.65. The number of ether oxygens (including phenoxy) is 1. The molecular formula is C15H27N3O2. The number of nitrogens with zero attached hydrogens (tertiary/aromatic N) is 2. The van der Waals surface area contributed by atoms with Crippen LogP contribution in [-0.2, 0) is 17.8 Å². The van der Waals surface area contributed by atoms with Crippen LogP contribution in [0.3, 0.4) is 0 Å². The average Bonchev–Trinajstić information content (AvgIpc) is 2.92. The predicted octanol–water partition coefficient (Wildman–Crippen LogP) is 2.85. The molecule has 1 aromatic heterocycles. The van der Waals surface area contributed by atoms with Crippen LogP contribution in [0.4, 0.5) is 0 Å². The van der Waals surface area contributed by atoms with E-state index in [1.807, 2.05) is 0 Å². The van der Waals surface area contributed by atoms with Gasteiger partial charge in [-0.2, -0.15) is 4.98 Å². The zero-order valence-electron chi connectivity index (χ0n) is 12.7. The Kier molecular flexibility index (Phi) is 6.47. The smallest absolute Gasteiger partial charge is 0.252 e. The van der Waals surface area contributed by atoms with Gasteiger partial charge in [-0.3, -0.25) is 0 Å². The van der Waals surface area contributed by atoms with Crippen LogP contribution in [-0.4, -0.2) is 28.8 Å². The Morgan fingerprint density at radius 3 is 2.70 bits per heavy atom. The Morgan fingerprint density at radius 1 is 1.20 bits per heavy atom. The molecule has 1 aromatic rings. The molecule has 5 heteroatoms. The van der Waals surface area contributed by atoms with Crippen molar-refractivity contribution in [3.05, 3.63) is 11.7 Å². The lowest BCUT2D eigenvalue weighted by molar-refractivity contribution is -0.000209. The van der Waals surface area contributed by atoms with E-state index in [4.69, 9.17) is 9.26 Å². The molecule has 0 saturated heterocycles. The molecular weight excluding hydrogens is 254 g/mol. The van der Waals surface area contributed by atoms with Crippen molar-refractivity contribution >= 4 is 0 Å². The topological polar surface area (TPSA) is 60.2 Å². The van der Waals surface area contributed by atoms with Crippen molar-refractivity contribution in [3.8, 4) is 0 Å². The van der Waals surface area contributed by atoms with E-state index in [9.17, 15) is 0 Å². The maximum atomic E-state index is 5.89. The van der Waals surface area contributed by atoms with Crippen molar-refractivity contribution in [1.82, 2.24) is 15.5 Å². The molecule has 114 valence electrons. The lowest BCUT2D eigenvalue weighted by Gasteiger charge is -2.28. The highest BCUT2D eigenvalue weighted by Gasteiger charge is 2.21. The quantitative estimate of drug-likeness (QED) is 0.794. The van der Waals surface area contributed by atoms with Gasteiger partial charge in [0, 0.05) is 12.5 Å². The first-order valence-corrected chi connectivity index (χ1v) is 7.98. The lowest BCUT2D eigenvalue weighted by Crippen LogP contribution is -2.35. The third kappa shape index (κ3) is 4.87. The molecule has 1 heterocycles. The summed E-state index contributed by atoms with van der Waals surface area (Å²) in [5.41, 5.74) is 0. The summed E-state index contributed by atoms with van der Waals surface area (Å²) < 4.78 is 11.1. The molecule has 1 aliphatic rings. The predicted molar refractivity (Wildman–Crippen MR) is 77.4 cm³/mol. The molecule has 0 bridgehead atoms. The normalized spacial score (nSPS) is 23.1. The summed E-state index contributed by atoms with van der Waals surface area (Å²) in [5, 5.41) is 7.53. The second kappa shape index (κ2) is 8.37. The minimum Gasteiger partial charge on any atom is -0.368 e. The Balaban J connectivity index is 1.65. The van der Waals surface area contributed by atoms with E-state index < -0.39 is 0 Å². The van der Waals surface area contributed by atoms with Gasteiger partial charge in [0.2, 0.25) is 0 Å². The molecule has 0 spiro atoms. The number of rotatable bonds is 8. The molecule has 0 aliphatic heterocycles. The van der Waals surface area contributed by atoms with Crippen LogP contribution in [0, 0.1) is 0 Å². The SMILES string of the molecule is CCCNC1CCC(OCc2nc(CCC)no2)CC1. The molecule has 0 amide bonds. The van der Waals surface area contributed by atoms with Crippen molar-refractivity contribution in [2.75, 3.05) is 6.54 Å². The highest BCUT2D eigenvalue weighted by molar-refractivity contribution is 4.85. The summed E-state index contributed by atoms with van der Waals surface area (Å²) in [4.78, 5) is 4.32. The maximum absolute atomic E-state index is 5.89. The maximum Gasteiger partial charge on any atom is 0.252 e. The fourth-order valence-corrected chi connectivity index (χ4v) is 2.65. The lowest BCUT2D eigenvalue weighted by atomic mass is 9.93.